The third-order valence-corrected chi connectivity index (χ3v) is 5.51. The number of aromatic hydroxyl groups is 1. The Morgan fingerprint density at radius 1 is 0.857 bits per heavy atom. The minimum absolute atomic E-state index is 0.384. The van der Waals surface area contributed by atoms with E-state index in [-0.39, 0.29) is 0 Å². The Bertz CT molecular complexity index is 862. The van der Waals surface area contributed by atoms with E-state index in [1.165, 1.54) is 22.0 Å². The van der Waals surface area contributed by atoms with Crippen molar-refractivity contribution in [2.45, 2.75) is 13.0 Å². The van der Waals surface area contributed by atoms with Gasteiger partial charge in [0.15, 0.2) is 0 Å². The average molecular weight is 468 g/mol. The van der Waals surface area contributed by atoms with Gasteiger partial charge >= 0.3 is 35.6 Å². The molecule has 3 rings (SSSR count). The van der Waals surface area contributed by atoms with Crippen LogP contribution in [0.25, 0.3) is 0 Å². The molecular formula is C22H24Cl2NOPTi. The second kappa shape index (κ2) is 12.7. The van der Waals surface area contributed by atoms with E-state index in [9.17, 15) is 5.11 Å². The fourth-order valence-electron chi connectivity index (χ4n) is 2.89. The van der Waals surface area contributed by atoms with Crippen molar-refractivity contribution < 1.29 is 22.1 Å². The van der Waals surface area contributed by atoms with E-state index in [0.29, 0.717) is 14.3 Å². The molecule has 0 heterocycles. The van der Waals surface area contributed by atoms with E-state index in [0.717, 1.165) is 18.3 Å². The van der Waals surface area contributed by atoms with Crippen molar-refractivity contribution in [3.8, 4) is 5.75 Å². The van der Waals surface area contributed by atoms with Crippen LogP contribution in [-0.4, -0.2) is 24.1 Å². The molecule has 6 heteroatoms. The Kier molecular flexibility index (Phi) is 10.6. The van der Waals surface area contributed by atoms with E-state index >= 15 is 0 Å². The van der Waals surface area contributed by atoms with E-state index in [1.807, 2.05) is 18.2 Å². The van der Waals surface area contributed by atoms with Crippen LogP contribution < -0.4 is 10.6 Å². The number of hydrogen-bond donors (Lipinski definition) is 1. The molecule has 3 aromatic carbocycles. The third kappa shape index (κ3) is 7.87. The summed E-state index contributed by atoms with van der Waals surface area (Å²) in [7, 11) is 14.4. The second-order valence-electron chi connectivity index (χ2n) is 6.61. The molecule has 0 spiro atoms. The minimum atomic E-state index is -0.556. The molecule has 0 fully saturated rings. The Morgan fingerprint density at radius 3 is 2.18 bits per heavy atom. The van der Waals surface area contributed by atoms with Crippen LogP contribution in [0.5, 0.6) is 5.75 Å². The van der Waals surface area contributed by atoms with Crippen molar-refractivity contribution in [2.75, 3.05) is 14.1 Å². The van der Waals surface area contributed by atoms with Crippen molar-refractivity contribution in [3.63, 3.8) is 0 Å². The number of rotatable bonds is 6. The molecule has 0 saturated carbocycles. The Morgan fingerprint density at radius 2 is 1.50 bits per heavy atom. The van der Waals surface area contributed by atoms with Crippen LogP contribution >= 0.6 is 27.2 Å². The van der Waals surface area contributed by atoms with Gasteiger partial charge in [0.25, 0.3) is 0 Å². The van der Waals surface area contributed by atoms with Crippen LogP contribution in [0.2, 0.25) is 0 Å². The van der Waals surface area contributed by atoms with Gasteiger partial charge in [-0.25, -0.2) is 0 Å². The first-order chi connectivity index (χ1) is 13.5. The second-order valence-corrected chi connectivity index (χ2v) is 10.5. The van der Waals surface area contributed by atoms with Gasteiger partial charge in [0.2, 0.25) is 0 Å². The number of benzene rings is 3. The number of nitrogens with zero attached hydrogens (tertiary/aromatic N) is 1. The molecule has 0 bridgehead atoms. The first-order valence-electron chi connectivity index (χ1n) is 8.85. The molecule has 3 aromatic rings. The van der Waals surface area contributed by atoms with E-state index in [4.69, 9.17) is 18.6 Å². The third-order valence-electron chi connectivity index (χ3n) is 4.09. The summed E-state index contributed by atoms with van der Waals surface area (Å²) in [6.07, 6.45) is 0.887. The quantitative estimate of drug-likeness (QED) is 0.405. The summed E-state index contributed by atoms with van der Waals surface area (Å²) >= 11 is -0.556. The topological polar surface area (TPSA) is 23.5 Å². The maximum absolute atomic E-state index is 10.3. The predicted molar refractivity (Wildman–Crippen MR) is 120 cm³/mol. The van der Waals surface area contributed by atoms with Crippen LogP contribution in [0, 0.1) is 0 Å². The van der Waals surface area contributed by atoms with Gasteiger partial charge in [0.05, 0.1) is 0 Å². The van der Waals surface area contributed by atoms with Crippen molar-refractivity contribution in [3.05, 3.63) is 89.5 Å². The molecule has 1 N–H and O–H groups in total. The first kappa shape index (κ1) is 23.4. The van der Waals surface area contributed by atoms with Gasteiger partial charge in [-0.05, 0) is 54.6 Å². The van der Waals surface area contributed by atoms with E-state index < -0.39 is 17.0 Å². The fourth-order valence-corrected chi connectivity index (χ4v) is 4.15. The summed E-state index contributed by atoms with van der Waals surface area (Å²) in [5.74, 6) is 0.384. The molecule has 0 radical (unpaired) electrons. The van der Waals surface area contributed by atoms with Crippen molar-refractivity contribution in [1.29, 1.82) is 0 Å². The van der Waals surface area contributed by atoms with Gasteiger partial charge in [-0.2, -0.15) is 0 Å². The van der Waals surface area contributed by atoms with Gasteiger partial charge in [-0.1, -0.05) is 69.2 Å². The molecule has 0 aliphatic carbocycles. The molecular weight excluding hydrogens is 444 g/mol. The van der Waals surface area contributed by atoms with Crippen molar-refractivity contribution in [2.24, 2.45) is 0 Å². The van der Waals surface area contributed by atoms with E-state index in [1.54, 1.807) is 0 Å². The molecule has 1 unspecified atom stereocenters. The normalized spacial score (nSPS) is 10.8. The summed E-state index contributed by atoms with van der Waals surface area (Å²) in [6.45, 7) is 0.910. The maximum atomic E-state index is 10.3. The van der Waals surface area contributed by atoms with Crippen LogP contribution in [-0.2, 0) is 30.0 Å². The zero-order chi connectivity index (χ0) is 20.4. The number of halogens is 2. The van der Waals surface area contributed by atoms with Gasteiger partial charge in [0.1, 0.15) is 5.75 Å². The SMILES string of the molecule is CN(C)Cc1ccccc1Pc1cc(Cc2ccccc2)ccc1O.[Cl][Ti][Cl]. The van der Waals surface area contributed by atoms with Crippen LogP contribution in [0.4, 0.5) is 0 Å². The summed E-state index contributed by atoms with van der Waals surface area (Å²) in [5.41, 5.74) is 3.84. The molecule has 0 aliphatic rings. The average Bonchev–Trinajstić information content (AvgIpc) is 2.67. The zero-order valence-electron chi connectivity index (χ0n) is 16.0. The van der Waals surface area contributed by atoms with Gasteiger partial charge in [-0.3, -0.25) is 0 Å². The van der Waals surface area contributed by atoms with Crippen LogP contribution in [0.3, 0.4) is 0 Å². The molecule has 1 atom stereocenters. The van der Waals surface area contributed by atoms with Crippen LogP contribution in [0.1, 0.15) is 16.7 Å². The molecule has 2 nitrogen and oxygen atoms in total. The Balaban J connectivity index is 0.000000878. The summed E-state index contributed by atoms with van der Waals surface area (Å²) < 4.78 is 0. The number of phenols is 1. The number of hydrogen-bond acceptors (Lipinski definition) is 2. The predicted octanol–water partition coefficient (Wildman–Crippen LogP) is 5.05. The van der Waals surface area contributed by atoms with Gasteiger partial charge in [0, 0.05) is 11.8 Å². The molecule has 0 aliphatic heterocycles. The van der Waals surface area contributed by atoms with Crippen molar-refractivity contribution in [1.82, 2.24) is 4.90 Å². The van der Waals surface area contributed by atoms with E-state index in [2.05, 4.69) is 73.6 Å². The number of phenolic OH excluding ortho intramolecular Hbond substituents is 1. The summed E-state index contributed by atoms with van der Waals surface area (Å²) in [4.78, 5) is 2.18. The monoisotopic (exact) mass is 467 g/mol. The molecule has 0 aromatic heterocycles. The summed E-state index contributed by atoms with van der Waals surface area (Å²) in [6, 6.07) is 24.9. The molecule has 0 saturated heterocycles. The Hall–Kier alpha value is -0.856. The van der Waals surface area contributed by atoms with Crippen LogP contribution in [0.15, 0.2) is 72.8 Å². The van der Waals surface area contributed by atoms with Crippen molar-refractivity contribution >= 4 is 37.8 Å². The first-order valence-corrected chi connectivity index (χ1v) is 14.1. The Labute approximate surface area is 186 Å². The molecule has 0 amide bonds. The summed E-state index contributed by atoms with van der Waals surface area (Å²) in [5, 5.41) is 12.6. The molecule has 28 heavy (non-hydrogen) atoms. The standard InChI is InChI=1S/C22H24NOP.2ClH.Ti/c1-23(2)16-19-10-6-7-11-21(19)25-22-15-18(12-13-20(22)24)14-17-8-4-3-5-9-17;;;/h3-13,15,24-25H,14,16H2,1-2H3;2*1H;/q;;;+2/p-2. The van der Waals surface area contributed by atoms with Gasteiger partial charge in [-0.15, -0.1) is 0 Å². The molecule has 146 valence electrons. The zero-order valence-corrected chi connectivity index (χ0v) is 20.1. The fraction of sp³-hybridized carbons (Fsp3) is 0.182. The van der Waals surface area contributed by atoms with Gasteiger partial charge < -0.3 is 10.0 Å².